The molecule has 2 amide bonds. The second-order valence-corrected chi connectivity index (χ2v) is 13.7. The molecule has 10 nitrogen and oxygen atoms in total. The molecular formula is C36H39Cl2N3O7S. The number of hydrogen-bond donors (Lipinski definition) is 1. The molecule has 4 aromatic carbocycles. The smallest absolute Gasteiger partial charge is 0.265 e. The van der Waals surface area contributed by atoms with Gasteiger partial charge in [-0.2, -0.15) is 0 Å². The van der Waals surface area contributed by atoms with Crippen molar-refractivity contribution < 1.29 is 32.2 Å². The summed E-state index contributed by atoms with van der Waals surface area (Å²) in [5.41, 5.74) is 1.49. The van der Waals surface area contributed by atoms with Crippen LogP contribution in [0.2, 0.25) is 10.0 Å². The quantitative estimate of drug-likeness (QED) is 0.143. The van der Waals surface area contributed by atoms with Crippen LogP contribution < -0.4 is 23.8 Å². The van der Waals surface area contributed by atoms with Gasteiger partial charge in [-0.05, 0) is 60.0 Å². The SMILES string of the molecule is CCCNC(=O)C(Cc1ccccc1)N(Cc1cccc(Cl)c1)C(=O)CN(c1cc(Cl)ccc1OC)S(=O)(=O)c1ccc(OC)c(OC)c1. The van der Waals surface area contributed by atoms with Crippen LogP contribution in [0.3, 0.4) is 0 Å². The Balaban J connectivity index is 1.88. The zero-order chi connectivity index (χ0) is 35.6. The number of carbonyl (C=O) groups excluding carboxylic acids is 2. The highest BCUT2D eigenvalue weighted by Gasteiger charge is 2.36. The maximum Gasteiger partial charge on any atom is 0.265 e. The minimum atomic E-state index is -4.50. The monoisotopic (exact) mass is 727 g/mol. The molecule has 0 aromatic heterocycles. The summed E-state index contributed by atoms with van der Waals surface area (Å²) in [6, 6.07) is 23.8. The van der Waals surface area contributed by atoms with E-state index in [1.807, 2.05) is 37.3 Å². The third-order valence-corrected chi connectivity index (χ3v) is 9.92. The van der Waals surface area contributed by atoms with Gasteiger partial charge in [-0.3, -0.25) is 13.9 Å². The molecular weight excluding hydrogens is 689 g/mol. The third-order valence-electron chi connectivity index (χ3n) is 7.69. The Morgan fingerprint density at radius 2 is 1.43 bits per heavy atom. The zero-order valence-electron chi connectivity index (χ0n) is 27.7. The van der Waals surface area contributed by atoms with Crippen molar-refractivity contribution in [2.75, 3.05) is 38.7 Å². The largest absolute Gasteiger partial charge is 0.495 e. The predicted octanol–water partition coefficient (Wildman–Crippen LogP) is 6.38. The molecule has 1 unspecified atom stereocenters. The van der Waals surface area contributed by atoms with Crippen LogP contribution in [-0.2, 0) is 32.6 Å². The lowest BCUT2D eigenvalue weighted by atomic mass is 10.0. The van der Waals surface area contributed by atoms with Crippen LogP contribution in [-0.4, -0.2) is 65.6 Å². The molecule has 0 aliphatic carbocycles. The third kappa shape index (κ3) is 9.38. The first-order chi connectivity index (χ1) is 23.5. The number of anilines is 1. The number of carbonyl (C=O) groups is 2. The van der Waals surface area contributed by atoms with E-state index in [1.165, 1.54) is 56.6 Å². The van der Waals surface area contributed by atoms with E-state index in [0.29, 0.717) is 29.3 Å². The molecule has 0 saturated heterocycles. The van der Waals surface area contributed by atoms with Crippen LogP contribution in [0.5, 0.6) is 17.2 Å². The predicted molar refractivity (Wildman–Crippen MR) is 191 cm³/mol. The van der Waals surface area contributed by atoms with Gasteiger partial charge in [0, 0.05) is 35.6 Å². The molecule has 0 fully saturated rings. The average molecular weight is 729 g/mol. The van der Waals surface area contributed by atoms with E-state index in [0.717, 1.165) is 9.87 Å². The van der Waals surface area contributed by atoms with E-state index < -0.39 is 28.5 Å². The van der Waals surface area contributed by atoms with E-state index in [-0.39, 0.29) is 46.0 Å². The number of amides is 2. The van der Waals surface area contributed by atoms with Crippen LogP contribution in [0.1, 0.15) is 24.5 Å². The van der Waals surface area contributed by atoms with E-state index >= 15 is 0 Å². The summed E-state index contributed by atoms with van der Waals surface area (Å²) in [4.78, 5) is 29.7. The molecule has 0 aliphatic heterocycles. The number of nitrogens with one attached hydrogen (secondary N) is 1. The normalized spacial score (nSPS) is 11.7. The number of halogens is 2. The van der Waals surface area contributed by atoms with Crippen molar-refractivity contribution in [3.8, 4) is 17.2 Å². The summed E-state index contributed by atoms with van der Waals surface area (Å²) < 4.78 is 46.2. The van der Waals surface area contributed by atoms with Crippen LogP contribution in [0.15, 0.2) is 95.9 Å². The van der Waals surface area contributed by atoms with Crippen LogP contribution >= 0.6 is 23.2 Å². The number of ether oxygens (including phenoxy) is 3. The second kappa shape index (κ2) is 17.3. The van der Waals surface area contributed by atoms with E-state index in [2.05, 4.69) is 5.32 Å². The molecule has 49 heavy (non-hydrogen) atoms. The van der Waals surface area contributed by atoms with Crippen molar-refractivity contribution in [2.45, 2.75) is 37.2 Å². The van der Waals surface area contributed by atoms with Crippen molar-refractivity contribution in [1.82, 2.24) is 10.2 Å². The van der Waals surface area contributed by atoms with Gasteiger partial charge in [0.25, 0.3) is 10.0 Å². The van der Waals surface area contributed by atoms with Gasteiger partial charge in [-0.25, -0.2) is 8.42 Å². The number of sulfonamides is 1. The Morgan fingerprint density at radius 1 is 0.776 bits per heavy atom. The summed E-state index contributed by atoms with van der Waals surface area (Å²) in [5, 5.41) is 3.58. The van der Waals surface area contributed by atoms with Gasteiger partial charge in [-0.1, -0.05) is 72.6 Å². The zero-order valence-corrected chi connectivity index (χ0v) is 30.0. The molecule has 260 valence electrons. The Bertz CT molecular complexity index is 1860. The first-order valence-electron chi connectivity index (χ1n) is 15.5. The van der Waals surface area contributed by atoms with Gasteiger partial charge in [0.05, 0.1) is 31.9 Å². The Labute approximate surface area is 297 Å². The summed E-state index contributed by atoms with van der Waals surface area (Å²) in [6.07, 6.45) is 0.851. The van der Waals surface area contributed by atoms with Gasteiger partial charge in [0.2, 0.25) is 11.8 Å². The molecule has 13 heteroatoms. The molecule has 0 radical (unpaired) electrons. The fourth-order valence-corrected chi connectivity index (χ4v) is 7.04. The minimum absolute atomic E-state index is 0.0240. The average Bonchev–Trinajstić information content (AvgIpc) is 3.10. The fraction of sp³-hybridized carbons (Fsp3) is 0.278. The number of rotatable bonds is 16. The first kappa shape index (κ1) is 37.4. The lowest BCUT2D eigenvalue weighted by Crippen LogP contribution is -2.53. The number of benzene rings is 4. The first-order valence-corrected chi connectivity index (χ1v) is 17.7. The van der Waals surface area contributed by atoms with Crippen LogP contribution in [0.4, 0.5) is 5.69 Å². The van der Waals surface area contributed by atoms with Crippen molar-refractivity contribution >= 4 is 50.7 Å². The van der Waals surface area contributed by atoms with Gasteiger partial charge < -0.3 is 24.4 Å². The highest BCUT2D eigenvalue weighted by Crippen LogP contribution is 2.37. The molecule has 1 atom stereocenters. The molecule has 1 N–H and O–H groups in total. The molecule has 0 heterocycles. The van der Waals surface area contributed by atoms with Crippen molar-refractivity contribution in [3.63, 3.8) is 0 Å². The molecule has 0 aliphatic rings. The highest BCUT2D eigenvalue weighted by atomic mass is 35.5. The number of methoxy groups -OCH3 is 3. The molecule has 4 aromatic rings. The van der Waals surface area contributed by atoms with Gasteiger partial charge in [0.15, 0.2) is 11.5 Å². The topological polar surface area (TPSA) is 114 Å². The molecule has 0 bridgehead atoms. The Morgan fingerprint density at radius 3 is 2.08 bits per heavy atom. The van der Waals surface area contributed by atoms with Gasteiger partial charge in [-0.15, -0.1) is 0 Å². The minimum Gasteiger partial charge on any atom is -0.495 e. The van der Waals surface area contributed by atoms with E-state index in [1.54, 1.807) is 30.3 Å². The van der Waals surface area contributed by atoms with Crippen molar-refractivity contribution in [3.05, 3.63) is 112 Å². The Hall–Kier alpha value is -4.45. The van der Waals surface area contributed by atoms with Crippen molar-refractivity contribution in [2.24, 2.45) is 0 Å². The second-order valence-electron chi connectivity index (χ2n) is 11.0. The summed E-state index contributed by atoms with van der Waals surface area (Å²) in [5.74, 6) is -0.386. The van der Waals surface area contributed by atoms with Gasteiger partial charge >= 0.3 is 0 Å². The standard InChI is InChI=1S/C36H39Cl2N3O7S/c1-5-18-39-36(43)31(20-25-10-7-6-8-11-25)40(23-26-12-9-13-27(37)19-26)35(42)24-41(30-21-28(38)14-16-32(30)46-2)49(44,45)29-15-17-33(47-3)34(22-29)48-4/h6-17,19,21-22,31H,5,18,20,23-24H2,1-4H3,(H,39,43). The number of nitrogens with zero attached hydrogens (tertiary/aromatic N) is 2. The lowest BCUT2D eigenvalue weighted by molar-refractivity contribution is -0.140. The maximum absolute atomic E-state index is 14.7. The van der Waals surface area contributed by atoms with Crippen LogP contribution in [0.25, 0.3) is 0 Å². The van der Waals surface area contributed by atoms with Gasteiger partial charge in [0.1, 0.15) is 18.3 Å². The fourth-order valence-electron chi connectivity index (χ4n) is 5.23. The highest BCUT2D eigenvalue weighted by molar-refractivity contribution is 7.92. The summed E-state index contributed by atoms with van der Waals surface area (Å²) in [7, 11) is -0.290. The van der Waals surface area contributed by atoms with E-state index in [9.17, 15) is 18.0 Å². The number of hydrogen-bond acceptors (Lipinski definition) is 7. The van der Waals surface area contributed by atoms with Crippen LogP contribution in [0, 0.1) is 0 Å². The van der Waals surface area contributed by atoms with E-state index in [4.69, 9.17) is 37.4 Å². The molecule has 4 rings (SSSR count). The van der Waals surface area contributed by atoms with Crippen molar-refractivity contribution in [1.29, 1.82) is 0 Å². The summed E-state index contributed by atoms with van der Waals surface area (Å²) >= 11 is 12.7. The Kier molecular flexibility index (Phi) is 13.2. The molecule has 0 saturated carbocycles. The summed E-state index contributed by atoms with van der Waals surface area (Å²) in [6.45, 7) is 1.58. The lowest BCUT2D eigenvalue weighted by Gasteiger charge is -2.34. The molecule has 0 spiro atoms. The maximum atomic E-state index is 14.7.